The summed E-state index contributed by atoms with van der Waals surface area (Å²) in [6, 6.07) is 0. The number of hydrogen-bond donors (Lipinski definition) is 9. The molecule has 0 spiro atoms. The number of phosphoric ester groups is 3. The normalized spacial score (nSPS) is 21.1. The van der Waals surface area contributed by atoms with Crippen LogP contribution in [0.15, 0.2) is 12.7 Å². The first-order valence-electron chi connectivity index (χ1n) is 20.5. The second kappa shape index (κ2) is 25.5. The van der Waals surface area contributed by atoms with Crippen molar-refractivity contribution >= 4 is 69.1 Å². The average Bonchev–Trinajstić information content (AvgIpc) is 3.75. The van der Waals surface area contributed by atoms with Crippen LogP contribution in [0.5, 0.6) is 0 Å². The van der Waals surface area contributed by atoms with E-state index in [0.29, 0.717) is 12.2 Å². The summed E-state index contributed by atoms with van der Waals surface area (Å²) in [5, 5.41) is 26.6. The number of aromatic nitrogens is 4. The highest BCUT2D eigenvalue weighted by atomic mass is 32.2. The van der Waals surface area contributed by atoms with Crippen molar-refractivity contribution < 1.29 is 80.5 Å². The number of anilines is 1. The van der Waals surface area contributed by atoms with Gasteiger partial charge in [0.2, 0.25) is 11.8 Å². The number of fused-ring (bicyclic) bond motifs is 1. The molecule has 1 aliphatic rings. The van der Waals surface area contributed by atoms with Crippen LogP contribution in [0.3, 0.4) is 0 Å². The molecule has 1 fully saturated rings. The van der Waals surface area contributed by atoms with Crippen molar-refractivity contribution in [1.29, 1.82) is 0 Å². The van der Waals surface area contributed by atoms with E-state index in [4.69, 9.17) is 19.5 Å². The summed E-state index contributed by atoms with van der Waals surface area (Å²) in [6.07, 6.45) is 4.45. The Balaban J connectivity index is 1.38. The Morgan fingerprint density at radius 2 is 1.62 bits per heavy atom. The van der Waals surface area contributed by atoms with Crippen LogP contribution in [0.2, 0.25) is 0 Å². The molecule has 8 unspecified atom stereocenters. The molecule has 24 nitrogen and oxygen atoms in total. The SMILES string of the molecule is CCCCCCCCCCC(C)CC(=O)SCCNC(=O)CCNC(=O)C(O)C(C)(C)COP(=O)(O)OP(=O)(O)OCC1OC(n2cnc3c(N)ncnc32)C(O)C1OP(=O)(O)O. The van der Waals surface area contributed by atoms with Gasteiger partial charge in [0.25, 0.3) is 0 Å². The molecule has 2 aromatic heterocycles. The third-order valence-electron chi connectivity index (χ3n) is 9.83. The summed E-state index contributed by atoms with van der Waals surface area (Å²) >= 11 is 1.15. The summed E-state index contributed by atoms with van der Waals surface area (Å²) in [4.78, 5) is 88.4. The number of carbonyl (C=O) groups is 3. The van der Waals surface area contributed by atoms with E-state index in [0.717, 1.165) is 41.8 Å². The van der Waals surface area contributed by atoms with Crippen molar-refractivity contribution in [2.75, 3.05) is 37.8 Å². The largest absolute Gasteiger partial charge is 0.481 e. The summed E-state index contributed by atoms with van der Waals surface area (Å²) in [5.74, 6) is -0.742. The van der Waals surface area contributed by atoms with Crippen molar-refractivity contribution in [2.24, 2.45) is 11.3 Å². The number of nitrogen functional groups attached to an aromatic ring is 1. The van der Waals surface area contributed by atoms with Crippen LogP contribution in [0, 0.1) is 11.3 Å². The molecule has 10 N–H and O–H groups in total. The molecule has 28 heteroatoms. The fourth-order valence-corrected chi connectivity index (χ4v) is 10.0. The van der Waals surface area contributed by atoms with Gasteiger partial charge >= 0.3 is 23.5 Å². The third-order valence-corrected chi connectivity index (χ3v) is 13.8. The molecule has 0 bridgehead atoms. The van der Waals surface area contributed by atoms with E-state index in [1.54, 1.807) is 0 Å². The van der Waals surface area contributed by atoms with Gasteiger partial charge < -0.3 is 50.9 Å². The van der Waals surface area contributed by atoms with Crippen LogP contribution >= 0.6 is 35.2 Å². The number of unbranched alkanes of at least 4 members (excludes halogenated alkanes) is 7. The zero-order valence-corrected chi connectivity index (χ0v) is 39.2. The Hall–Kier alpha value is -2.44. The molecular formula is C35H62N7O17P3S. The molecule has 0 aliphatic carbocycles. The lowest BCUT2D eigenvalue weighted by Gasteiger charge is -2.30. The number of nitrogens with two attached hydrogens (primary N) is 1. The molecular weight excluding hydrogens is 915 g/mol. The molecule has 3 rings (SSSR count). The second-order valence-electron chi connectivity index (χ2n) is 15.9. The number of carbonyl (C=O) groups excluding carboxylic acids is 3. The van der Waals surface area contributed by atoms with Gasteiger partial charge in [0.05, 0.1) is 19.5 Å². The molecule has 0 saturated carbocycles. The minimum absolute atomic E-state index is 0.0332. The number of nitrogens with one attached hydrogen (secondary N) is 2. The zero-order valence-electron chi connectivity index (χ0n) is 35.7. The average molecular weight is 978 g/mol. The molecule has 0 radical (unpaired) electrons. The van der Waals surface area contributed by atoms with E-state index >= 15 is 0 Å². The standard InChI is InChI=1S/C35H62N7O17P3S/c1-5-6-7-8-9-10-11-12-13-23(2)18-26(44)63-17-16-37-25(43)14-15-38-33(47)30(46)35(3,4)20-56-62(53,54)59-61(51,52)55-19-24-29(58-60(48,49)50)28(45)34(57-24)42-22-41-27-31(36)39-21-40-32(27)42/h21-24,28-30,34,45-46H,5-20H2,1-4H3,(H,37,43)(H,38,47)(H,51,52)(H,53,54)(H2,36,39,40)(H2,48,49,50). The Kier molecular flexibility index (Phi) is 22.2. The van der Waals surface area contributed by atoms with Crippen LogP contribution in [-0.4, -0.2) is 123 Å². The van der Waals surface area contributed by atoms with Crippen molar-refractivity contribution in [1.82, 2.24) is 30.2 Å². The summed E-state index contributed by atoms with van der Waals surface area (Å²) < 4.78 is 62.4. The van der Waals surface area contributed by atoms with Gasteiger partial charge in [0.1, 0.15) is 36.3 Å². The van der Waals surface area contributed by atoms with Crippen LogP contribution in [-0.2, 0) is 50.7 Å². The van der Waals surface area contributed by atoms with E-state index in [1.807, 2.05) is 0 Å². The minimum Gasteiger partial charge on any atom is -0.386 e. The maximum absolute atomic E-state index is 12.7. The summed E-state index contributed by atoms with van der Waals surface area (Å²) in [5.41, 5.74) is 4.28. The molecule has 1 saturated heterocycles. The number of hydrogen-bond acceptors (Lipinski definition) is 18. The number of nitrogens with zero attached hydrogens (tertiary/aromatic N) is 4. The van der Waals surface area contributed by atoms with Gasteiger partial charge in [0, 0.05) is 37.1 Å². The number of ether oxygens (including phenoxy) is 1. The number of amides is 2. The van der Waals surface area contributed by atoms with Crippen LogP contribution in [0.4, 0.5) is 5.82 Å². The van der Waals surface area contributed by atoms with Gasteiger partial charge in [0.15, 0.2) is 22.8 Å². The highest BCUT2D eigenvalue weighted by molar-refractivity contribution is 8.13. The number of phosphoric acid groups is 3. The van der Waals surface area contributed by atoms with Crippen molar-refractivity contribution in [2.45, 2.75) is 129 Å². The topological polar surface area (TPSA) is 364 Å². The van der Waals surface area contributed by atoms with Gasteiger partial charge in [-0.25, -0.2) is 28.6 Å². The van der Waals surface area contributed by atoms with E-state index in [9.17, 15) is 57.9 Å². The van der Waals surface area contributed by atoms with Crippen molar-refractivity contribution in [3.8, 4) is 0 Å². The molecule has 1 aliphatic heterocycles. The quantitative estimate of drug-likeness (QED) is 0.0401. The Morgan fingerprint density at radius 1 is 0.968 bits per heavy atom. The number of imidazole rings is 1. The van der Waals surface area contributed by atoms with Crippen LogP contribution < -0.4 is 16.4 Å². The van der Waals surface area contributed by atoms with Gasteiger partial charge in [-0.3, -0.25) is 32.5 Å². The van der Waals surface area contributed by atoms with E-state index in [-0.39, 0.29) is 47.5 Å². The predicted molar refractivity (Wildman–Crippen MR) is 228 cm³/mol. The number of aliphatic hydroxyl groups excluding tert-OH is 2. The van der Waals surface area contributed by atoms with Gasteiger partial charge in [-0.15, -0.1) is 0 Å². The first kappa shape index (κ1) is 54.9. The monoisotopic (exact) mass is 977 g/mol. The third kappa shape index (κ3) is 19.1. The van der Waals surface area contributed by atoms with E-state index in [2.05, 4.69) is 48.3 Å². The minimum atomic E-state index is -5.57. The van der Waals surface area contributed by atoms with Crippen LogP contribution in [0.1, 0.15) is 105 Å². The molecule has 3 heterocycles. The maximum atomic E-state index is 12.7. The second-order valence-corrected chi connectivity index (χ2v) is 21.3. The van der Waals surface area contributed by atoms with Crippen molar-refractivity contribution in [3.05, 3.63) is 12.7 Å². The Labute approximate surface area is 369 Å². The Bertz CT molecular complexity index is 1940. The lowest BCUT2D eigenvalue weighted by molar-refractivity contribution is -0.137. The highest BCUT2D eigenvalue weighted by Crippen LogP contribution is 2.61. The van der Waals surface area contributed by atoms with E-state index in [1.165, 1.54) is 58.8 Å². The fourth-order valence-electron chi connectivity index (χ4n) is 6.37. The van der Waals surface area contributed by atoms with E-state index < -0.39 is 84.6 Å². The first-order valence-corrected chi connectivity index (χ1v) is 26.0. The number of rotatable bonds is 30. The lowest BCUT2D eigenvalue weighted by Crippen LogP contribution is -2.46. The predicted octanol–water partition coefficient (Wildman–Crippen LogP) is 3.22. The first-order chi connectivity index (χ1) is 29.4. The molecule has 360 valence electrons. The van der Waals surface area contributed by atoms with Gasteiger partial charge in [-0.2, -0.15) is 4.31 Å². The molecule has 0 aromatic carbocycles. The van der Waals surface area contributed by atoms with Crippen molar-refractivity contribution in [3.63, 3.8) is 0 Å². The molecule has 2 aromatic rings. The number of aliphatic hydroxyl groups is 2. The summed E-state index contributed by atoms with van der Waals surface area (Å²) in [6.45, 7) is 4.84. The highest BCUT2D eigenvalue weighted by Gasteiger charge is 2.50. The zero-order chi connectivity index (χ0) is 47.0. The Morgan fingerprint density at radius 3 is 2.29 bits per heavy atom. The summed E-state index contributed by atoms with van der Waals surface area (Å²) in [7, 11) is -16.4. The maximum Gasteiger partial charge on any atom is 0.481 e. The smallest absolute Gasteiger partial charge is 0.386 e. The van der Waals surface area contributed by atoms with Gasteiger partial charge in [-0.05, 0) is 5.92 Å². The van der Waals surface area contributed by atoms with Crippen LogP contribution in [0.25, 0.3) is 11.2 Å². The fraction of sp³-hybridized carbons (Fsp3) is 0.771. The molecule has 2 amide bonds. The van der Waals surface area contributed by atoms with Gasteiger partial charge in [-0.1, -0.05) is 97.2 Å². The molecule has 63 heavy (non-hydrogen) atoms. The lowest BCUT2D eigenvalue weighted by atomic mass is 9.87. The molecule has 8 atom stereocenters. The number of thioether (sulfide) groups is 1.